The average molecular weight is 425 g/mol. The van der Waals surface area contributed by atoms with Crippen molar-refractivity contribution in [2.45, 2.75) is 46.6 Å². The molecule has 31 heavy (non-hydrogen) atoms. The lowest BCUT2D eigenvalue weighted by atomic mass is 10.1. The molecule has 1 unspecified atom stereocenters. The smallest absolute Gasteiger partial charge is 0.306 e. The Morgan fingerprint density at radius 1 is 1.26 bits per heavy atom. The number of para-hydroxylation sites is 2. The molecule has 0 aliphatic carbocycles. The van der Waals surface area contributed by atoms with Crippen molar-refractivity contribution in [1.29, 1.82) is 0 Å². The fraction of sp³-hybridized carbons (Fsp3) is 0.333. The van der Waals surface area contributed by atoms with Crippen molar-refractivity contribution in [2.24, 2.45) is 0 Å². The first kappa shape index (κ1) is 21.9. The van der Waals surface area contributed by atoms with Crippen LogP contribution in [0.4, 0.5) is 11.4 Å². The Morgan fingerprint density at radius 3 is 2.68 bits per heavy atom. The SMILES string of the molecule is Cc1cc2nc(C)c(CCC(=O)OC(C)C(=O)Nc3ccccc3[N+](=O)[O-])c(C)n2n1. The molecule has 1 amide bonds. The maximum atomic E-state index is 12.3. The summed E-state index contributed by atoms with van der Waals surface area (Å²) >= 11 is 0. The molecule has 3 rings (SSSR count). The van der Waals surface area contributed by atoms with Crippen LogP contribution in [-0.2, 0) is 20.7 Å². The van der Waals surface area contributed by atoms with Gasteiger partial charge in [-0.3, -0.25) is 19.7 Å². The number of nitrogens with zero attached hydrogens (tertiary/aromatic N) is 4. The fourth-order valence-corrected chi connectivity index (χ4v) is 3.31. The van der Waals surface area contributed by atoms with Crippen molar-refractivity contribution in [3.05, 3.63) is 63.1 Å². The quantitative estimate of drug-likeness (QED) is 0.350. The van der Waals surface area contributed by atoms with Crippen LogP contribution in [0.25, 0.3) is 5.65 Å². The molecule has 0 saturated heterocycles. The van der Waals surface area contributed by atoms with Crippen molar-refractivity contribution < 1.29 is 19.2 Å². The maximum Gasteiger partial charge on any atom is 0.306 e. The number of hydrogen-bond donors (Lipinski definition) is 1. The molecule has 0 fully saturated rings. The third-order valence-corrected chi connectivity index (χ3v) is 4.90. The Labute approximate surface area is 178 Å². The molecule has 3 aromatic rings. The molecule has 0 spiro atoms. The molecule has 1 atom stereocenters. The first-order valence-electron chi connectivity index (χ1n) is 9.73. The fourth-order valence-electron chi connectivity index (χ4n) is 3.31. The van der Waals surface area contributed by atoms with Crippen LogP contribution in [0.1, 0.15) is 36.0 Å². The summed E-state index contributed by atoms with van der Waals surface area (Å²) in [6.07, 6.45) is -0.668. The molecule has 0 aliphatic rings. The highest BCUT2D eigenvalue weighted by Crippen LogP contribution is 2.23. The highest BCUT2D eigenvalue weighted by molar-refractivity contribution is 5.96. The molecule has 10 nitrogen and oxygen atoms in total. The lowest BCUT2D eigenvalue weighted by molar-refractivity contribution is -0.383. The van der Waals surface area contributed by atoms with Gasteiger partial charge in [-0.2, -0.15) is 5.10 Å². The van der Waals surface area contributed by atoms with Gasteiger partial charge in [-0.05, 0) is 45.7 Å². The molecule has 0 aliphatic heterocycles. The van der Waals surface area contributed by atoms with Crippen molar-refractivity contribution >= 4 is 28.9 Å². The molecular weight excluding hydrogens is 402 g/mol. The number of aryl methyl sites for hydroxylation is 3. The lowest BCUT2D eigenvalue weighted by Crippen LogP contribution is -2.30. The minimum absolute atomic E-state index is 0.0422. The molecule has 0 saturated carbocycles. The third kappa shape index (κ3) is 4.85. The van der Waals surface area contributed by atoms with Gasteiger partial charge in [0, 0.05) is 29.9 Å². The van der Waals surface area contributed by atoms with Crippen LogP contribution in [-0.4, -0.2) is 37.5 Å². The van der Waals surface area contributed by atoms with Gasteiger partial charge in [0.25, 0.3) is 11.6 Å². The third-order valence-electron chi connectivity index (χ3n) is 4.90. The van der Waals surface area contributed by atoms with E-state index in [2.05, 4.69) is 15.4 Å². The summed E-state index contributed by atoms with van der Waals surface area (Å²) in [7, 11) is 0. The molecule has 0 bridgehead atoms. The van der Waals surface area contributed by atoms with E-state index in [0.717, 1.165) is 28.3 Å². The van der Waals surface area contributed by atoms with Gasteiger partial charge in [0.1, 0.15) is 5.69 Å². The summed E-state index contributed by atoms with van der Waals surface area (Å²) in [6.45, 7) is 7.09. The van der Waals surface area contributed by atoms with E-state index in [1.165, 1.54) is 25.1 Å². The standard InChI is InChI=1S/C21H23N5O5/c1-12-11-19-22-13(2)16(14(3)25(19)24-12)9-10-20(27)31-15(4)21(28)23-17-7-5-6-8-18(17)26(29)30/h5-8,11,15H,9-10H2,1-4H3,(H,23,28). The number of benzene rings is 1. The minimum Gasteiger partial charge on any atom is -0.453 e. The van der Waals surface area contributed by atoms with Gasteiger partial charge in [0.05, 0.1) is 10.6 Å². The molecule has 2 aromatic heterocycles. The zero-order chi connectivity index (χ0) is 22.7. The molecule has 162 valence electrons. The van der Waals surface area contributed by atoms with Crippen LogP contribution in [0.15, 0.2) is 30.3 Å². The first-order valence-corrected chi connectivity index (χ1v) is 9.73. The number of ether oxygens (including phenoxy) is 1. The van der Waals surface area contributed by atoms with Crippen LogP contribution in [0, 0.1) is 30.9 Å². The number of amides is 1. The van der Waals surface area contributed by atoms with Crippen LogP contribution >= 0.6 is 0 Å². The van der Waals surface area contributed by atoms with Gasteiger partial charge in [-0.1, -0.05) is 12.1 Å². The second-order valence-corrected chi connectivity index (χ2v) is 7.21. The average Bonchev–Trinajstić information content (AvgIpc) is 3.08. The van der Waals surface area contributed by atoms with E-state index in [-0.39, 0.29) is 17.8 Å². The van der Waals surface area contributed by atoms with Gasteiger partial charge >= 0.3 is 5.97 Å². The van der Waals surface area contributed by atoms with Gasteiger partial charge in [0.15, 0.2) is 11.8 Å². The second kappa shape index (κ2) is 8.90. The topological polar surface area (TPSA) is 129 Å². The van der Waals surface area contributed by atoms with Crippen LogP contribution in [0.3, 0.4) is 0 Å². The molecule has 1 aromatic carbocycles. The monoisotopic (exact) mass is 425 g/mol. The second-order valence-electron chi connectivity index (χ2n) is 7.21. The van der Waals surface area contributed by atoms with Gasteiger partial charge in [-0.15, -0.1) is 0 Å². The molecule has 1 N–H and O–H groups in total. The summed E-state index contributed by atoms with van der Waals surface area (Å²) in [5.41, 5.74) is 4.00. The Hall–Kier alpha value is -3.82. The van der Waals surface area contributed by atoms with E-state index in [1.807, 2.05) is 26.8 Å². The largest absolute Gasteiger partial charge is 0.453 e. The Balaban J connectivity index is 1.62. The summed E-state index contributed by atoms with van der Waals surface area (Å²) < 4.78 is 6.96. The van der Waals surface area contributed by atoms with E-state index >= 15 is 0 Å². The Bertz CT molecular complexity index is 1170. The predicted molar refractivity (Wildman–Crippen MR) is 113 cm³/mol. The zero-order valence-corrected chi connectivity index (χ0v) is 17.7. The number of nitro groups is 1. The summed E-state index contributed by atoms with van der Waals surface area (Å²) in [5.74, 6) is -1.20. The number of carbonyl (C=O) groups excluding carboxylic acids is 2. The minimum atomic E-state index is -1.11. The molecular formula is C21H23N5O5. The van der Waals surface area contributed by atoms with Crippen LogP contribution < -0.4 is 5.32 Å². The van der Waals surface area contributed by atoms with Crippen molar-refractivity contribution in [3.63, 3.8) is 0 Å². The normalized spacial score (nSPS) is 11.9. The van der Waals surface area contributed by atoms with Crippen molar-refractivity contribution in [1.82, 2.24) is 14.6 Å². The number of aromatic nitrogens is 3. The predicted octanol–water partition coefficient (Wildman–Crippen LogP) is 3.07. The van der Waals surface area contributed by atoms with E-state index in [9.17, 15) is 19.7 Å². The number of esters is 1. The van der Waals surface area contributed by atoms with Crippen molar-refractivity contribution in [2.75, 3.05) is 5.32 Å². The van der Waals surface area contributed by atoms with Crippen LogP contribution in [0.5, 0.6) is 0 Å². The summed E-state index contributed by atoms with van der Waals surface area (Å²) in [5, 5.41) is 17.9. The van der Waals surface area contributed by atoms with Crippen LogP contribution in [0.2, 0.25) is 0 Å². The van der Waals surface area contributed by atoms with Gasteiger partial charge in [-0.25, -0.2) is 9.50 Å². The van der Waals surface area contributed by atoms with E-state index in [0.29, 0.717) is 6.42 Å². The highest BCUT2D eigenvalue weighted by atomic mass is 16.6. The van der Waals surface area contributed by atoms with Crippen molar-refractivity contribution in [3.8, 4) is 0 Å². The van der Waals surface area contributed by atoms with E-state index < -0.39 is 22.9 Å². The maximum absolute atomic E-state index is 12.3. The molecule has 2 heterocycles. The number of fused-ring (bicyclic) bond motifs is 1. The molecule has 0 radical (unpaired) electrons. The lowest BCUT2D eigenvalue weighted by Gasteiger charge is -2.14. The zero-order valence-electron chi connectivity index (χ0n) is 17.7. The summed E-state index contributed by atoms with van der Waals surface area (Å²) in [6, 6.07) is 7.64. The Morgan fingerprint density at radius 2 is 1.97 bits per heavy atom. The number of nitro benzene ring substituents is 1. The first-order chi connectivity index (χ1) is 14.7. The number of carbonyl (C=O) groups is 2. The molecule has 10 heteroatoms. The highest BCUT2D eigenvalue weighted by Gasteiger charge is 2.22. The summed E-state index contributed by atoms with van der Waals surface area (Å²) in [4.78, 5) is 39.6. The number of rotatable bonds is 7. The number of nitrogens with one attached hydrogen (secondary N) is 1. The number of anilines is 1. The van der Waals surface area contributed by atoms with E-state index in [4.69, 9.17) is 4.74 Å². The van der Waals surface area contributed by atoms with E-state index in [1.54, 1.807) is 10.6 Å². The number of hydrogen-bond acceptors (Lipinski definition) is 7. The van der Waals surface area contributed by atoms with Gasteiger partial charge < -0.3 is 10.1 Å². The Kier molecular flexibility index (Phi) is 6.28. The van der Waals surface area contributed by atoms with Gasteiger partial charge in [0.2, 0.25) is 0 Å².